The van der Waals surface area contributed by atoms with Gasteiger partial charge in [-0.1, -0.05) is 429 Å². The summed E-state index contributed by atoms with van der Waals surface area (Å²) in [5.74, 6) is -0.0535. The molecule has 0 aliphatic heterocycles. The highest BCUT2D eigenvalue weighted by atomic mass is 16.3. The molecule has 0 saturated carbocycles. The van der Waals surface area contributed by atoms with Gasteiger partial charge in [0.2, 0.25) is 5.91 Å². The Bertz CT molecular complexity index is 1290. The average molecular weight is 1180 g/mol. The zero-order valence-corrected chi connectivity index (χ0v) is 57.7. The molecule has 498 valence electrons. The van der Waals surface area contributed by atoms with E-state index < -0.39 is 12.1 Å². The number of aliphatic hydroxyl groups is 2. The first kappa shape index (κ1) is 82.6. The Morgan fingerprint density at radius 2 is 0.488 bits per heavy atom. The molecule has 4 nitrogen and oxygen atoms in total. The Morgan fingerprint density at radius 3 is 0.714 bits per heavy atom. The van der Waals surface area contributed by atoms with Gasteiger partial charge in [0, 0.05) is 6.42 Å². The molecule has 0 spiro atoms. The minimum atomic E-state index is -0.840. The minimum absolute atomic E-state index is 0.0535. The molecular formula is C80H155NO3. The van der Waals surface area contributed by atoms with Crippen molar-refractivity contribution in [2.75, 3.05) is 6.61 Å². The van der Waals surface area contributed by atoms with Crippen molar-refractivity contribution in [1.82, 2.24) is 5.32 Å². The van der Waals surface area contributed by atoms with Crippen molar-refractivity contribution in [3.63, 3.8) is 0 Å². The first-order valence-corrected chi connectivity index (χ1v) is 39.2. The molecule has 4 heteroatoms. The van der Waals surface area contributed by atoms with Crippen LogP contribution >= 0.6 is 0 Å². The van der Waals surface area contributed by atoms with Crippen LogP contribution in [0, 0.1) is 0 Å². The van der Waals surface area contributed by atoms with E-state index >= 15 is 0 Å². The fourth-order valence-corrected chi connectivity index (χ4v) is 12.7. The number of carbonyl (C=O) groups excluding carboxylic acids is 1. The second kappa shape index (κ2) is 75.9. The molecule has 2 atom stereocenters. The first-order valence-electron chi connectivity index (χ1n) is 39.2. The lowest BCUT2D eigenvalue weighted by atomic mass is 10.0. The quantitative estimate of drug-likeness (QED) is 0.0420. The number of unbranched alkanes of at least 4 members (excludes halogenated alkanes) is 63. The van der Waals surface area contributed by atoms with Gasteiger partial charge >= 0.3 is 0 Å². The number of carbonyl (C=O) groups is 1. The van der Waals surface area contributed by atoms with Gasteiger partial charge in [0.25, 0.3) is 0 Å². The number of rotatable bonds is 74. The summed E-state index contributed by atoms with van der Waals surface area (Å²) in [5.41, 5.74) is 0. The van der Waals surface area contributed by atoms with E-state index in [0.717, 1.165) is 32.1 Å². The maximum Gasteiger partial charge on any atom is 0.220 e. The van der Waals surface area contributed by atoms with Gasteiger partial charge in [-0.05, 0) is 51.4 Å². The first-order chi connectivity index (χ1) is 41.7. The maximum absolute atomic E-state index is 12.6. The van der Waals surface area contributed by atoms with E-state index in [1.807, 2.05) is 6.08 Å². The molecule has 0 fully saturated rings. The molecule has 0 saturated heterocycles. The van der Waals surface area contributed by atoms with Gasteiger partial charge in [0.15, 0.2) is 0 Å². The molecule has 0 aromatic heterocycles. The second-order valence-electron chi connectivity index (χ2n) is 27.1. The Kier molecular flexibility index (Phi) is 74.6. The highest BCUT2D eigenvalue weighted by molar-refractivity contribution is 5.76. The van der Waals surface area contributed by atoms with Crippen LogP contribution in [0.15, 0.2) is 36.5 Å². The molecule has 0 aliphatic rings. The smallest absolute Gasteiger partial charge is 0.220 e. The van der Waals surface area contributed by atoms with Crippen molar-refractivity contribution >= 4 is 5.91 Å². The maximum atomic E-state index is 12.6. The van der Waals surface area contributed by atoms with Gasteiger partial charge in [-0.25, -0.2) is 0 Å². The Hall–Kier alpha value is -1.39. The predicted molar refractivity (Wildman–Crippen MR) is 378 cm³/mol. The van der Waals surface area contributed by atoms with Crippen LogP contribution in [-0.2, 0) is 4.79 Å². The molecule has 84 heavy (non-hydrogen) atoms. The average Bonchev–Trinajstić information content (AvgIpc) is 3.51. The van der Waals surface area contributed by atoms with Gasteiger partial charge in [-0.2, -0.15) is 0 Å². The van der Waals surface area contributed by atoms with Crippen LogP contribution in [-0.4, -0.2) is 34.9 Å². The minimum Gasteiger partial charge on any atom is -0.394 e. The molecule has 1 amide bonds. The van der Waals surface area contributed by atoms with Gasteiger partial charge < -0.3 is 15.5 Å². The van der Waals surface area contributed by atoms with Crippen molar-refractivity contribution in [2.45, 2.75) is 463 Å². The topological polar surface area (TPSA) is 69.6 Å². The fourth-order valence-electron chi connectivity index (χ4n) is 12.7. The van der Waals surface area contributed by atoms with E-state index in [0.29, 0.717) is 6.42 Å². The molecule has 0 heterocycles. The third kappa shape index (κ3) is 71.4. The van der Waals surface area contributed by atoms with Crippen LogP contribution in [0.5, 0.6) is 0 Å². The van der Waals surface area contributed by atoms with Crippen LogP contribution in [0.3, 0.4) is 0 Å². The molecule has 0 radical (unpaired) electrons. The molecular weight excluding hydrogens is 1020 g/mol. The van der Waals surface area contributed by atoms with Gasteiger partial charge in [0.05, 0.1) is 18.8 Å². The van der Waals surface area contributed by atoms with Crippen LogP contribution in [0.1, 0.15) is 450 Å². The van der Waals surface area contributed by atoms with Gasteiger partial charge in [-0.3, -0.25) is 4.79 Å². The third-order valence-corrected chi connectivity index (χ3v) is 18.6. The van der Waals surface area contributed by atoms with Crippen molar-refractivity contribution in [3.05, 3.63) is 36.5 Å². The molecule has 0 rings (SSSR count). The normalized spacial score (nSPS) is 12.8. The summed E-state index contributed by atoms with van der Waals surface area (Å²) >= 11 is 0. The van der Waals surface area contributed by atoms with Crippen molar-refractivity contribution < 1.29 is 15.0 Å². The number of hydrogen-bond donors (Lipinski definition) is 3. The van der Waals surface area contributed by atoms with Crippen LogP contribution < -0.4 is 5.32 Å². The summed E-state index contributed by atoms with van der Waals surface area (Å²) in [4.78, 5) is 12.6. The molecule has 3 N–H and O–H groups in total. The summed E-state index contributed by atoms with van der Waals surface area (Å²) in [6.45, 7) is 4.35. The number of amides is 1. The summed E-state index contributed by atoms with van der Waals surface area (Å²) in [6.07, 6.45) is 106. The standard InChI is InChI=1S/C80H155NO3/c1-3-5-7-9-11-13-15-17-19-21-23-25-27-29-31-33-35-37-38-39-40-41-42-44-46-48-50-52-54-56-58-60-62-64-66-68-70-72-74-76-80(84)81-78(77-82)79(83)75-73-71-69-67-65-63-61-59-57-55-53-51-49-47-45-43-36-34-32-30-28-26-24-22-20-18-16-14-12-10-8-6-4-2/h15,17,21,23,73,75,78-79,82-83H,3-14,16,18-20,22,24-72,74,76-77H2,1-2H3,(H,81,84)/b17-15-,23-21-,75-73+. The fraction of sp³-hybridized carbons (Fsp3) is 0.912. The van der Waals surface area contributed by atoms with Crippen molar-refractivity contribution in [2.24, 2.45) is 0 Å². The summed E-state index contributed by atoms with van der Waals surface area (Å²) in [5, 5.41) is 23.4. The molecule has 0 aliphatic carbocycles. The Labute approximate surface area is 529 Å². The molecule has 0 aromatic carbocycles. The zero-order chi connectivity index (χ0) is 60.5. The predicted octanol–water partition coefficient (Wildman–Crippen LogP) is 27.1. The van der Waals surface area contributed by atoms with E-state index in [1.165, 1.54) is 398 Å². The van der Waals surface area contributed by atoms with Crippen molar-refractivity contribution in [3.8, 4) is 0 Å². The molecule has 0 aromatic rings. The van der Waals surface area contributed by atoms with Crippen LogP contribution in [0.4, 0.5) is 0 Å². The van der Waals surface area contributed by atoms with E-state index in [4.69, 9.17) is 0 Å². The number of hydrogen-bond acceptors (Lipinski definition) is 3. The lowest BCUT2D eigenvalue weighted by Crippen LogP contribution is -2.45. The van der Waals surface area contributed by atoms with Crippen LogP contribution in [0.25, 0.3) is 0 Å². The SMILES string of the molecule is CCCCCCC/C=C\C/C=C\CCCCCCCCCCCCCCCCCCCCCCCCCCCCCC(=O)NC(CO)C(O)/C=C/CCCCCCCCCCCCCCCCCCCCCCCCCCCCCCCCC. The summed E-state index contributed by atoms with van der Waals surface area (Å²) in [6, 6.07) is -0.622. The number of aliphatic hydroxyl groups excluding tert-OH is 2. The van der Waals surface area contributed by atoms with Gasteiger partial charge in [0.1, 0.15) is 0 Å². The Balaban J connectivity index is 3.38. The van der Waals surface area contributed by atoms with E-state index in [1.54, 1.807) is 6.08 Å². The van der Waals surface area contributed by atoms with Gasteiger partial charge in [-0.15, -0.1) is 0 Å². The zero-order valence-electron chi connectivity index (χ0n) is 57.7. The highest BCUT2D eigenvalue weighted by Gasteiger charge is 2.18. The lowest BCUT2D eigenvalue weighted by Gasteiger charge is -2.20. The monoisotopic (exact) mass is 1180 g/mol. The molecule has 2 unspecified atom stereocenters. The summed E-state index contributed by atoms with van der Waals surface area (Å²) < 4.78 is 0. The largest absolute Gasteiger partial charge is 0.394 e. The third-order valence-electron chi connectivity index (χ3n) is 18.6. The summed E-state index contributed by atoms with van der Waals surface area (Å²) in [7, 11) is 0. The van der Waals surface area contributed by atoms with Crippen molar-refractivity contribution in [1.29, 1.82) is 0 Å². The Morgan fingerprint density at radius 1 is 0.286 bits per heavy atom. The van der Waals surface area contributed by atoms with Crippen LogP contribution in [0.2, 0.25) is 0 Å². The van der Waals surface area contributed by atoms with E-state index in [-0.39, 0.29) is 12.5 Å². The number of nitrogens with one attached hydrogen (secondary N) is 1. The lowest BCUT2D eigenvalue weighted by molar-refractivity contribution is -0.123. The van der Waals surface area contributed by atoms with E-state index in [2.05, 4.69) is 43.5 Å². The van der Waals surface area contributed by atoms with E-state index in [9.17, 15) is 15.0 Å². The second-order valence-corrected chi connectivity index (χ2v) is 27.1. The molecule has 0 bridgehead atoms. The number of allylic oxidation sites excluding steroid dienone is 5. The highest BCUT2D eigenvalue weighted by Crippen LogP contribution is 2.20.